The lowest BCUT2D eigenvalue weighted by atomic mass is 9.43. The van der Waals surface area contributed by atoms with Gasteiger partial charge < -0.3 is 20.4 Å². The molecule has 0 aromatic rings. The van der Waals surface area contributed by atoms with Gasteiger partial charge in [0.05, 0.1) is 24.2 Å². The molecule has 0 unspecified atom stereocenters. The van der Waals surface area contributed by atoms with Gasteiger partial charge >= 0.3 is 5.97 Å². The molecule has 0 aliphatic heterocycles. The Kier molecular flexibility index (Phi) is 4.03. The van der Waals surface area contributed by atoms with Crippen LogP contribution in [0.2, 0.25) is 0 Å². The van der Waals surface area contributed by atoms with Crippen LogP contribution in [-0.2, 0) is 4.79 Å². The van der Waals surface area contributed by atoms with E-state index in [1.165, 1.54) is 0 Å². The van der Waals surface area contributed by atoms with Gasteiger partial charge in [0.1, 0.15) is 0 Å². The number of aliphatic hydroxyl groups is 3. The van der Waals surface area contributed by atoms with Crippen molar-refractivity contribution in [2.75, 3.05) is 6.61 Å². The maximum absolute atomic E-state index is 11.7. The van der Waals surface area contributed by atoms with Crippen LogP contribution in [0.25, 0.3) is 0 Å². The highest BCUT2D eigenvalue weighted by molar-refractivity contribution is 5.71. The highest BCUT2D eigenvalue weighted by atomic mass is 16.4. The van der Waals surface area contributed by atoms with E-state index in [4.69, 9.17) is 0 Å². The summed E-state index contributed by atoms with van der Waals surface area (Å²) in [7, 11) is 0. The SMILES string of the molecule is C[C@]12CC[C@@H]3[C@H](CC[C@@]4(O)C[C@@H](O)CC[C@]34CO)[C@H]1CC[C@H]2C(=O)O. The van der Waals surface area contributed by atoms with Crippen LogP contribution in [0, 0.1) is 34.5 Å². The molecule has 0 saturated heterocycles. The number of fused-ring (bicyclic) bond motifs is 5. The maximum atomic E-state index is 11.7. The van der Waals surface area contributed by atoms with Crippen molar-refractivity contribution >= 4 is 5.97 Å². The Bertz CT molecular complexity index is 564. The third-order valence-electron chi connectivity index (χ3n) is 9.04. The molecule has 4 fully saturated rings. The molecule has 4 aliphatic rings. The second kappa shape index (κ2) is 5.67. The summed E-state index contributed by atoms with van der Waals surface area (Å²) in [6, 6.07) is 0. The van der Waals surface area contributed by atoms with E-state index in [9.17, 15) is 25.2 Å². The topological polar surface area (TPSA) is 98.0 Å². The average Bonchev–Trinajstić information content (AvgIpc) is 2.91. The van der Waals surface area contributed by atoms with Crippen molar-refractivity contribution in [2.24, 2.45) is 34.5 Å². The molecule has 0 radical (unpaired) electrons. The van der Waals surface area contributed by atoms with Crippen LogP contribution >= 0.6 is 0 Å². The second-order valence-electron chi connectivity index (χ2n) is 9.67. The Labute approximate surface area is 149 Å². The molecule has 4 saturated carbocycles. The van der Waals surface area contributed by atoms with Crippen molar-refractivity contribution in [2.45, 2.75) is 76.4 Å². The van der Waals surface area contributed by atoms with Gasteiger partial charge in [0, 0.05) is 11.8 Å². The molecule has 0 aromatic carbocycles. The molecule has 4 aliphatic carbocycles. The van der Waals surface area contributed by atoms with Crippen molar-refractivity contribution in [3.63, 3.8) is 0 Å². The van der Waals surface area contributed by atoms with Crippen molar-refractivity contribution < 1.29 is 25.2 Å². The molecule has 0 aromatic heterocycles. The van der Waals surface area contributed by atoms with Gasteiger partial charge in [0.15, 0.2) is 0 Å². The van der Waals surface area contributed by atoms with Crippen LogP contribution in [0.15, 0.2) is 0 Å². The number of carboxylic acids is 1. The zero-order valence-corrected chi connectivity index (χ0v) is 15.2. The third kappa shape index (κ3) is 2.21. The summed E-state index contributed by atoms with van der Waals surface area (Å²) in [6.07, 6.45) is 6.20. The molecule has 0 bridgehead atoms. The van der Waals surface area contributed by atoms with E-state index in [1.807, 2.05) is 0 Å². The first-order valence-electron chi connectivity index (χ1n) is 10.0. The van der Waals surface area contributed by atoms with Crippen molar-refractivity contribution in [1.29, 1.82) is 0 Å². The van der Waals surface area contributed by atoms with Gasteiger partial charge in [-0.15, -0.1) is 0 Å². The summed E-state index contributed by atoms with van der Waals surface area (Å²) >= 11 is 0. The highest BCUT2D eigenvalue weighted by Crippen LogP contribution is 2.68. The van der Waals surface area contributed by atoms with E-state index in [2.05, 4.69) is 6.92 Å². The van der Waals surface area contributed by atoms with Gasteiger partial charge in [-0.25, -0.2) is 0 Å². The Morgan fingerprint density at radius 1 is 1.04 bits per heavy atom. The van der Waals surface area contributed by atoms with Crippen molar-refractivity contribution in [3.8, 4) is 0 Å². The van der Waals surface area contributed by atoms with Crippen molar-refractivity contribution in [3.05, 3.63) is 0 Å². The fraction of sp³-hybridized carbons (Fsp3) is 0.950. The van der Waals surface area contributed by atoms with Gasteiger partial charge in [-0.05, 0) is 74.5 Å². The Hall–Kier alpha value is -0.650. The largest absolute Gasteiger partial charge is 0.481 e. The second-order valence-corrected chi connectivity index (χ2v) is 9.67. The van der Waals surface area contributed by atoms with Gasteiger partial charge in [-0.3, -0.25) is 4.79 Å². The van der Waals surface area contributed by atoms with Crippen LogP contribution in [0.4, 0.5) is 0 Å². The summed E-state index contributed by atoms with van der Waals surface area (Å²) < 4.78 is 0. The zero-order valence-electron chi connectivity index (χ0n) is 15.2. The van der Waals surface area contributed by atoms with Crippen LogP contribution in [-0.4, -0.2) is 44.7 Å². The van der Waals surface area contributed by atoms with Gasteiger partial charge in [-0.1, -0.05) is 6.92 Å². The first-order chi connectivity index (χ1) is 11.8. The van der Waals surface area contributed by atoms with E-state index in [-0.39, 0.29) is 23.9 Å². The molecule has 142 valence electrons. The first kappa shape index (κ1) is 17.7. The molecular formula is C20H32O5. The number of rotatable bonds is 2. The van der Waals surface area contributed by atoms with E-state index < -0.39 is 23.1 Å². The minimum atomic E-state index is -0.973. The van der Waals surface area contributed by atoms with Crippen LogP contribution in [0.1, 0.15) is 64.7 Å². The quantitative estimate of drug-likeness (QED) is 0.611. The Morgan fingerprint density at radius 2 is 1.80 bits per heavy atom. The monoisotopic (exact) mass is 352 g/mol. The summed E-state index contributed by atoms with van der Waals surface area (Å²) in [4.78, 5) is 11.7. The molecule has 0 spiro atoms. The predicted molar refractivity (Wildman–Crippen MR) is 91.7 cm³/mol. The zero-order chi connectivity index (χ0) is 18.0. The molecule has 5 nitrogen and oxygen atoms in total. The fourth-order valence-corrected chi connectivity index (χ4v) is 7.76. The number of aliphatic hydroxyl groups excluding tert-OH is 2. The highest BCUT2D eigenvalue weighted by Gasteiger charge is 2.66. The summed E-state index contributed by atoms with van der Waals surface area (Å²) in [5.74, 6) is 0.109. The van der Waals surface area contributed by atoms with Gasteiger partial charge in [-0.2, -0.15) is 0 Å². The maximum Gasteiger partial charge on any atom is 0.307 e. The molecule has 5 heteroatoms. The van der Waals surface area contributed by atoms with Crippen molar-refractivity contribution in [1.82, 2.24) is 0 Å². The normalized spacial score (nSPS) is 55.1. The minimum absolute atomic E-state index is 0.0246. The number of carboxylic acid groups (broad SMARTS) is 1. The third-order valence-corrected chi connectivity index (χ3v) is 9.04. The lowest BCUT2D eigenvalue weighted by molar-refractivity contribution is -0.240. The molecule has 25 heavy (non-hydrogen) atoms. The van der Waals surface area contributed by atoms with Crippen LogP contribution in [0.3, 0.4) is 0 Å². The fourth-order valence-electron chi connectivity index (χ4n) is 7.76. The number of aliphatic carboxylic acids is 1. The smallest absolute Gasteiger partial charge is 0.307 e. The van der Waals surface area contributed by atoms with E-state index >= 15 is 0 Å². The summed E-state index contributed by atoms with van der Waals surface area (Å²) in [5.41, 5.74) is -1.63. The molecule has 4 rings (SSSR count). The van der Waals surface area contributed by atoms with Gasteiger partial charge in [0.2, 0.25) is 0 Å². The molecule has 4 N–H and O–H groups in total. The molecule has 0 heterocycles. The minimum Gasteiger partial charge on any atom is -0.481 e. The standard InChI is InChI=1S/C20H32O5/c1-18-7-6-15-13(14(18)2-3-16(18)17(23)24)5-9-20(25)10-12(22)4-8-19(15,20)11-21/h12-16,21-22,25H,2-11H2,1H3,(H,23,24)/t12-,13+,14+,15+,16-,18-,19-,20+/m0/s1. The molecule has 8 atom stereocenters. The van der Waals surface area contributed by atoms with E-state index in [0.29, 0.717) is 37.5 Å². The Morgan fingerprint density at radius 3 is 2.48 bits per heavy atom. The summed E-state index contributed by atoms with van der Waals surface area (Å²) in [6.45, 7) is 2.14. The summed E-state index contributed by atoms with van der Waals surface area (Å²) in [5, 5.41) is 41.5. The Balaban J connectivity index is 1.68. The van der Waals surface area contributed by atoms with E-state index in [1.54, 1.807) is 0 Å². The number of hydrogen-bond acceptors (Lipinski definition) is 4. The average molecular weight is 352 g/mol. The first-order valence-corrected chi connectivity index (χ1v) is 10.0. The van der Waals surface area contributed by atoms with E-state index in [0.717, 1.165) is 32.1 Å². The predicted octanol–water partition coefficient (Wildman–Crippen LogP) is 2.18. The van der Waals surface area contributed by atoms with Gasteiger partial charge in [0.25, 0.3) is 0 Å². The number of hydrogen-bond donors (Lipinski definition) is 4. The molecule has 0 amide bonds. The molecular weight excluding hydrogens is 320 g/mol. The van der Waals surface area contributed by atoms with Crippen LogP contribution < -0.4 is 0 Å². The number of carbonyl (C=O) groups is 1. The lowest BCUT2D eigenvalue weighted by Gasteiger charge is -2.64. The lowest BCUT2D eigenvalue weighted by Crippen LogP contribution is -2.65. The van der Waals surface area contributed by atoms with Crippen LogP contribution in [0.5, 0.6) is 0 Å².